The lowest BCUT2D eigenvalue weighted by Gasteiger charge is -2.41. The van der Waals surface area contributed by atoms with Crippen LogP contribution in [0, 0.1) is 0 Å². The molecule has 2 unspecified atom stereocenters. The van der Waals surface area contributed by atoms with Gasteiger partial charge < -0.3 is 23.7 Å². The van der Waals surface area contributed by atoms with Crippen LogP contribution in [-0.4, -0.2) is 31.0 Å². The minimum absolute atomic E-state index is 0.309. The summed E-state index contributed by atoms with van der Waals surface area (Å²) in [6, 6.07) is 4.67. The van der Waals surface area contributed by atoms with Crippen molar-refractivity contribution in [1.29, 1.82) is 0 Å². The van der Waals surface area contributed by atoms with E-state index in [-0.39, 0.29) is 0 Å². The topological polar surface area (TPSA) is 78.1 Å². The zero-order valence-electron chi connectivity index (χ0n) is 12.9. The van der Waals surface area contributed by atoms with Gasteiger partial charge in [0.05, 0.1) is 18.1 Å². The number of aliphatic hydroxyl groups is 1. The van der Waals surface area contributed by atoms with E-state index < -0.39 is 23.4 Å². The Kier molecular flexibility index (Phi) is 3.38. The van der Waals surface area contributed by atoms with Crippen LogP contribution in [0.15, 0.2) is 27.4 Å². The Bertz CT molecular complexity index is 776. The molecule has 0 fully saturated rings. The van der Waals surface area contributed by atoms with Crippen LogP contribution < -0.4 is 15.1 Å². The van der Waals surface area contributed by atoms with Crippen LogP contribution in [0.4, 0.5) is 0 Å². The molecule has 1 aromatic heterocycles. The van der Waals surface area contributed by atoms with Crippen LogP contribution in [0.3, 0.4) is 0 Å². The van der Waals surface area contributed by atoms with E-state index in [1.54, 1.807) is 26.0 Å². The maximum Gasteiger partial charge on any atom is 0.336 e. The molecular weight excluding hydrogens is 288 g/mol. The van der Waals surface area contributed by atoms with Crippen molar-refractivity contribution in [3.05, 3.63) is 34.2 Å². The quantitative estimate of drug-likeness (QED) is 0.855. The minimum atomic E-state index is -0.910. The first-order chi connectivity index (χ1) is 10.4. The average Bonchev–Trinajstić information content (AvgIpc) is 2.47. The fourth-order valence-corrected chi connectivity index (χ4v) is 2.83. The van der Waals surface area contributed by atoms with Crippen molar-refractivity contribution in [3.8, 4) is 11.5 Å². The van der Waals surface area contributed by atoms with Crippen LogP contribution in [0.1, 0.15) is 25.5 Å². The van der Waals surface area contributed by atoms with Gasteiger partial charge in [0, 0.05) is 19.2 Å². The molecule has 6 heteroatoms. The number of hydrogen-bond donors (Lipinski definition) is 1. The van der Waals surface area contributed by atoms with Gasteiger partial charge in [0.2, 0.25) is 0 Å². The summed E-state index contributed by atoms with van der Waals surface area (Å²) in [7, 11) is 3.03. The standard InChI is InChI=1S/C16H18O6/c1-16(2)15(18)14(20-4)12-10(22-16)7-9(19-3)8-5-6-11(17)21-13(8)12/h5-7,14-15,18H,1-4H3. The van der Waals surface area contributed by atoms with Gasteiger partial charge in [-0.05, 0) is 19.9 Å². The Hall–Kier alpha value is -2.05. The van der Waals surface area contributed by atoms with Crippen molar-refractivity contribution in [2.45, 2.75) is 31.7 Å². The maximum absolute atomic E-state index is 11.6. The number of rotatable bonds is 2. The SMILES string of the molecule is COc1cc2c(c3oc(=O)ccc13)C(OC)C(O)C(C)(C)O2. The normalized spacial score (nSPS) is 23.0. The highest BCUT2D eigenvalue weighted by Crippen LogP contribution is 2.47. The van der Waals surface area contributed by atoms with E-state index in [2.05, 4.69) is 0 Å². The molecule has 0 amide bonds. The van der Waals surface area contributed by atoms with Crippen molar-refractivity contribution in [1.82, 2.24) is 0 Å². The molecule has 2 atom stereocenters. The van der Waals surface area contributed by atoms with Crippen LogP contribution in [0.2, 0.25) is 0 Å². The van der Waals surface area contributed by atoms with Crippen molar-refractivity contribution >= 4 is 11.0 Å². The monoisotopic (exact) mass is 306 g/mol. The highest BCUT2D eigenvalue weighted by atomic mass is 16.5. The minimum Gasteiger partial charge on any atom is -0.496 e. The molecule has 0 bridgehead atoms. The van der Waals surface area contributed by atoms with Gasteiger partial charge in [-0.2, -0.15) is 0 Å². The average molecular weight is 306 g/mol. The van der Waals surface area contributed by atoms with Gasteiger partial charge in [-0.15, -0.1) is 0 Å². The molecule has 1 aliphatic heterocycles. The van der Waals surface area contributed by atoms with Gasteiger partial charge in [0.25, 0.3) is 0 Å². The summed E-state index contributed by atoms with van der Waals surface area (Å²) in [5, 5.41) is 11.1. The lowest BCUT2D eigenvalue weighted by molar-refractivity contribution is -0.123. The van der Waals surface area contributed by atoms with Crippen LogP contribution in [0.25, 0.3) is 11.0 Å². The summed E-state index contributed by atoms with van der Waals surface area (Å²) in [6.45, 7) is 3.54. The summed E-state index contributed by atoms with van der Waals surface area (Å²) in [5.74, 6) is 1.00. The number of fused-ring (bicyclic) bond motifs is 3. The molecule has 0 spiro atoms. The second kappa shape index (κ2) is 5.00. The Balaban J connectivity index is 2.39. The molecule has 0 radical (unpaired) electrons. The van der Waals surface area contributed by atoms with Gasteiger partial charge in [-0.25, -0.2) is 4.79 Å². The van der Waals surface area contributed by atoms with Crippen molar-refractivity contribution < 1.29 is 23.7 Å². The highest BCUT2D eigenvalue weighted by Gasteiger charge is 2.45. The van der Waals surface area contributed by atoms with E-state index in [4.69, 9.17) is 18.6 Å². The first kappa shape index (κ1) is 14.9. The van der Waals surface area contributed by atoms with Gasteiger partial charge in [0.1, 0.15) is 29.3 Å². The number of aliphatic hydroxyl groups excluding tert-OH is 1. The Morgan fingerprint density at radius 3 is 2.64 bits per heavy atom. The van der Waals surface area contributed by atoms with Gasteiger partial charge in [-0.1, -0.05) is 0 Å². The Morgan fingerprint density at radius 1 is 1.27 bits per heavy atom. The fourth-order valence-electron chi connectivity index (χ4n) is 2.83. The molecule has 6 nitrogen and oxygen atoms in total. The second-order valence-corrected chi connectivity index (χ2v) is 5.79. The molecule has 1 aliphatic rings. The molecule has 3 rings (SSSR count). The molecule has 0 aliphatic carbocycles. The summed E-state index contributed by atoms with van der Waals surface area (Å²) in [4.78, 5) is 11.6. The third kappa shape index (κ3) is 2.07. The largest absolute Gasteiger partial charge is 0.496 e. The van der Waals surface area contributed by atoms with E-state index in [0.29, 0.717) is 28.0 Å². The van der Waals surface area contributed by atoms with Crippen molar-refractivity contribution in [2.75, 3.05) is 14.2 Å². The zero-order chi connectivity index (χ0) is 16.1. The zero-order valence-corrected chi connectivity index (χ0v) is 12.9. The lowest BCUT2D eigenvalue weighted by Crippen LogP contribution is -2.49. The molecule has 0 saturated heterocycles. The third-order valence-corrected chi connectivity index (χ3v) is 4.00. The maximum atomic E-state index is 11.6. The molecule has 22 heavy (non-hydrogen) atoms. The molecule has 1 aromatic carbocycles. The van der Waals surface area contributed by atoms with Crippen LogP contribution in [0.5, 0.6) is 11.5 Å². The summed E-state index contributed by atoms with van der Waals surface area (Å²) in [5.41, 5.74) is -0.509. The number of benzene rings is 1. The fraction of sp³-hybridized carbons (Fsp3) is 0.438. The predicted octanol–water partition coefficient (Wildman–Crippen LogP) is 2.02. The predicted molar refractivity (Wildman–Crippen MR) is 79.5 cm³/mol. The molecular formula is C16H18O6. The molecule has 0 saturated carbocycles. The number of ether oxygens (including phenoxy) is 3. The summed E-state index contributed by atoms with van der Waals surface area (Å²) in [6.07, 6.45) is -1.58. The third-order valence-electron chi connectivity index (χ3n) is 4.00. The van der Waals surface area contributed by atoms with Crippen molar-refractivity contribution in [2.24, 2.45) is 0 Å². The van der Waals surface area contributed by atoms with Crippen LogP contribution >= 0.6 is 0 Å². The molecule has 1 N–H and O–H groups in total. The van der Waals surface area contributed by atoms with Crippen molar-refractivity contribution in [3.63, 3.8) is 0 Å². The number of methoxy groups -OCH3 is 2. The smallest absolute Gasteiger partial charge is 0.336 e. The first-order valence-corrected chi connectivity index (χ1v) is 6.93. The molecule has 2 aromatic rings. The highest BCUT2D eigenvalue weighted by molar-refractivity contribution is 5.89. The molecule has 118 valence electrons. The Labute approximate surface area is 127 Å². The lowest BCUT2D eigenvalue weighted by atomic mass is 9.87. The Morgan fingerprint density at radius 2 is 2.00 bits per heavy atom. The second-order valence-electron chi connectivity index (χ2n) is 5.79. The van der Waals surface area contributed by atoms with Gasteiger partial charge >= 0.3 is 5.63 Å². The van der Waals surface area contributed by atoms with E-state index in [1.165, 1.54) is 20.3 Å². The van der Waals surface area contributed by atoms with E-state index >= 15 is 0 Å². The molecule has 2 heterocycles. The van der Waals surface area contributed by atoms with E-state index in [1.807, 2.05) is 0 Å². The summed E-state index contributed by atoms with van der Waals surface area (Å²) < 4.78 is 22.0. The van der Waals surface area contributed by atoms with E-state index in [0.717, 1.165) is 0 Å². The van der Waals surface area contributed by atoms with Crippen LogP contribution in [-0.2, 0) is 4.74 Å². The van der Waals surface area contributed by atoms with Gasteiger partial charge in [-0.3, -0.25) is 0 Å². The van der Waals surface area contributed by atoms with Gasteiger partial charge in [0.15, 0.2) is 5.58 Å². The summed E-state index contributed by atoms with van der Waals surface area (Å²) >= 11 is 0. The first-order valence-electron chi connectivity index (χ1n) is 6.93. The number of hydrogen-bond acceptors (Lipinski definition) is 6. The van der Waals surface area contributed by atoms with E-state index in [9.17, 15) is 9.90 Å².